The van der Waals surface area contributed by atoms with Gasteiger partial charge in [0.15, 0.2) is 0 Å². The Balaban J connectivity index is 1.86. The molecule has 0 radical (unpaired) electrons. The van der Waals surface area contributed by atoms with E-state index in [1.807, 2.05) is 32.0 Å². The molecule has 1 N–H and O–H groups in total. The van der Waals surface area contributed by atoms with E-state index in [2.05, 4.69) is 26.1 Å². The van der Waals surface area contributed by atoms with E-state index in [0.717, 1.165) is 11.4 Å². The number of nitrogens with zero attached hydrogens (tertiary/aromatic N) is 3. The molecule has 1 heterocycles. The van der Waals surface area contributed by atoms with Crippen LogP contribution in [-0.4, -0.2) is 46.2 Å². The number of halogens is 1. The van der Waals surface area contributed by atoms with Crippen molar-refractivity contribution in [3.63, 3.8) is 0 Å². The van der Waals surface area contributed by atoms with Gasteiger partial charge in [0, 0.05) is 28.1 Å². The van der Waals surface area contributed by atoms with E-state index >= 15 is 0 Å². The van der Waals surface area contributed by atoms with E-state index in [0.29, 0.717) is 22.2 Å². The Morgan fingerprint density at radius 2 is 1.79 bits per heavy atom. The lowest BCUT2D eigenvalue weighted by Gasteiger charge is -2.26. The number of hydrogen-bond donors (Lipinski definition) is 1. The number of aromatic nitrogens is 2. The number of amides is 2. The Labute approximate surface area is 205 Å². The molecular formula is C26H31ClN4O3. The minimum absolute atomic E-state index is 0.107. The Hall–Kier alpha value is -3.32. The van der Waals surface area contributed by atoms with E-state index in [-0.39, 0.29) is 29.8 Å². The van der Waals surface area contributed by atoms with Crippen LogP contribution in [0.15, 0.2) is 54.6 Å². The molecule has 0 aliphatic rings. The summed E-state index contributed by atoms with van der Waals surface area (Å²) in [5.74, 6) is 0.543. The predicted molar refractivity (Wildman–Crippen MR) is 135 cm³/mol. The molecule has 2 aromatic carbocycles. The molecule has 2 amide bonds. The highest BCUT2D eigenvalue weighted by Gasteiger charge is 2.25. The molecule has 0 aliphatic carbocycles. The van der Waals surface area contributed by atoms with Crippen molar-refractivity contribution in [1.29, 1.82) is 0 Å². The molecule has 1 aromatic heterocycles. The van der Waals surface area contributed by atoms with Crippen LogP contribution < -0.4 is 10.1 Å². The average Bonchev–Trinajstić information content (AvgIpc) is 3.21. The Kier molecular flexibility index (Phi) is 7.67. The molecule has 0 saturated heterocycles. The second kappa shape index (κ2) is 10.3. The lowest BCUT2D eigenvalue weighted by molar-refractivity contribution is -0.117. The van der Waals surface area contributed by atoms with Crippen molar-refractivity contribution in [3.8, 4) is 11.4 Å². The van der Waals surface area contributed by atoms with Gasteiger partial charge in [-0.25, -0.2) is 4.68 Å². The first-order valence-electron chi connectivity index (χ1n) is 11.1. The van der Waals surface area contributed by atoms with Gasteiger partial charge in [-0.2, -0.15) is 5.10 Å². The van der Waals surface area contributed by atoms with Crippen LogP contribution in [0.5, 0.6) is 5.75 Å². The van der Waals surface area contributed by atoms with Crippen molar-refractivity contribution in [1.82, 2.24) is 14.7 Å². The van der Waals surface area contributed by atoms with Crippen molar-refractivity contribution < 1.29 is 14.3 Å². The summed E-state index contributed by atoms with van der Waals surface area (Å²) in [5, 5.41) is 8.27. The first-order valence-corrected chi connectivity index (χ1v) is 11.5. The highest BCUT2D eigenvalue weighted by molar-refractivity contribution is 6.30. The summed E-state index contributed by atoms with van der Waals surface area (Å²) in [6.07, 6.45) is 0. The maximum Gasteiger partial charge on any atom is 0.254 e. The summed E-state index contributed by atoms with van der Waals surface area (Å²) in [7, 11) is 1.55. The van der Waals surface area contributed by atoms with Gasteiger partial charge in [0.05, 0.1) is 18.5 Å². The number of carbonyl (C=O) groups is 2. The summed E-state index contributed by atoms with van der Waals surface area (Å²) < 4.78 is 6.91. The van der Waals surface area contributed by atoms with Crippen LogP contribution in [0.3, 0.4) is 0 Å². The minimum atomic E-state index is -0.319. The van der Waals surface area contributed by atoms with Crippen molar-refractivity contribution in [2.45, 2.75) is 46.1 Å². The van der Waals surface area contributed by atoms with Crippen LogP contribution in [0.2, 0.25) is 5.02 Å². The minimum Gasteiger partial charge on any atom is -0.497 e. The number of ether oxygens (including phenoxy) is 1. The Morgan fingerprint density at radius 3 is 2.38 bits per heavy atom. The van der Waals surface area contributed by atoms with Crippen LogP contribution in [0.1, 0.15) is 50.7 Å². The molecule has 3 rings (SSSR count). The lowest BCUT2D eigenvalue weighted by Crippen LogP contribution is -2.42. The predicted octanol–water partition coefficient (Wildman–Crippen LogP) is 5.32. The topological polar surface area (TPSA) is 76.5 Å². The highest BCUT2D eigenvalue weighted by atomic mass is 35.5. The third-order valence-electron chi connectivity index (χ3n) is 5.33. The number of methoxy groups -OCH3 is 1. The molecule has 0 unspecified atom stereocenters. The summed E-state index contributed by atoms with van der Waals surface area (Å²) in [6, 6.07) is 15.8. The molecule has 0 spiro atoms. The van der Waals surface area contributed by atoms with Gasteiger partial charge in [-0.3, -0.25) is 9.59 Å². The fraction of sp³-hybridized carbons (Fsp3) is 0.346. The molecular weight excluding hydrogens is 452 g/mol. The zero-order valence-electron chi connectivity index (χ0n) is 20.4. The molecule has 3 aromatic rings. The van der Waals surface area contributed by atoms with E-state index in [9.17, 15) is 9.59 Å². The quantitative estimate of drug-likeness (QED) is 0.494. The smallest absolute Gasteiger partial charge is 0.254 e. The third-order valence-corrected chi connectivity index (χ3v) is 5.58. The molecule has 7 nitrogen and oxygen atoms in total. The molecule has 0 fully saturated rings. The molecule has 0 aliphatic heterocycles. The van der Waals surface area contributed by atoms with Gasteiger partial charge < -0.3 is 15.0 Å². The fourth-order valence-corrected chi connectivity index (χ4v) is 3.49. The number of carbonyl (C=O) groups excluding carboxylic acids is 2. The molecule has 0 saturated carbocycles. The molecule has 0 bridgehead atoms. The average molecular weight is 483 g/mol. The van der Waals surface area contributed by atoms with Crippen molar-refractivity contribution in [2.24, 2.45) is 0 Å². The normalized spacial score (nSPS) is 11.4. The second-order valence-electron chi connectivity index (χ2n) is 9.36. The van der Waals surface area contributed by atoms with Gasteiger partial charge in [-0.15, -0.1) is 0 Å². The zero-order valence-corrected chi connectivity index (χ0v) is 21.2. The standard InChI is InChI=1S/C26H31ClN4O3/c1-17(2)30(25(33)18-8-7-9-21(14-18)34-6)16-24(32)28-23-15-22(26(3,4)5)29-31(23)20-12-10-19(27)11-13-20/h7-15,17H,16H2,1-6H3,(H,28,32). The molecule has 0 atom stereocenters. The zero-order chi connectivity index (χ0) is 25.0. The van der Waals surface area contributed by atoms with Gasteiger partial charge in [-0.1, -0.05) is 38.4 Å². The summed E-state index contributed by atoms with van der Waals surface area (Å²) in [5.41, 5.74) is 1.83. The largest absolute Gasteiger partial charge is 0.497 e. The Bertz CT molecular complexity index is 1160. The highest BCUT2D eigenvalue weighted by Crippen LogP contribution is 2.27. The van der Waals surface area contributed by atoms with Gasteiger partial charge in [0.25, 0.3) is 5.91 Å². The first kappa shape index (κ1) is 25.3. The van der Waals surface area contributed by atoms with E-state index in [1.165, 1.54) is 4.90 Å². The number of benzene rings is 2. The summed E-state index contributed by atoms with van der Waals surface area (Å²) >= 11 is 6.04. The molecule has 180 valence electrons. The van der Waals surface area contributed by atoms with Crippen LogP contribution in [0, 0.1) is 0 Å². The van der Waals surface area contributed by atoms with Crippen LogP contribution >= 0.6 is 11.6 Å². The van der Waals surface area contributed by atoms with Crippen molar-refractivity contribution in [3.05, 3.63) is 70.9 Å². The maximum absolute atomic E-state index is 13.2. The van der Waals surface area contributed by atoms with Gasteiger partial charge in [0.1, 0.15) is 18.1 Å². The number of nitrogens with one attached hydrogen (secondary N) is 1. The second-order valence-corrected chi connectivity index (χ2v) is 9.80. The Morgan fingerprint density at radius 1 is 1.12 bits per heavy atom. The van der Waals surface area contributed by atoms with Crippen LogP contribution in [-0.2, 0) is 10.2 Å². The lowest BCUT2D eigenvalue weighted by atomic mass is 9.92. The van der Waals surface area contributed by atoms with Gasteiger partial charge in [0.2, 0.25) is 5.91 Å². The molecule has 34 heavy (non-hydrogen) atoms. The molecule has 8 heteroatoms. The third kappa shape index (κ3) is 5.97. The number of hydrogen-bond acceptors (Lipinski definition) is 4. The van der Waals surface area contributed by atoms with E-state index in [4.69, 9.17) is 21.4 Å². The maximum atomic E-state index is 13.2. The van der Waals surface area contributed by atoms with Crippen molar-refractivity contribution in [2.75, 3.05) is 19.0 Å². The first-order chi connectivity index (χ1) is 16.0. The summed E-state index contributed by atoms with van der Waals surface area (Å²) in [4.78, 5) is 27.8. The number of anilines is 1. The van der Waals surface area contributed by atoms with Gasteiger partial charge >= 0.3 is 0 Å². The van der Waals surface area contributed by atoms with E-state index in [1.54, 1.807) is 48.2 Å². The monoisotopic (exact) mass is 482 g/mol. The van der Waals surface area contributed by atoms with Crippen LogP contribution in [0.25, 0.3) is 5.69 Å². The summed E-state index contributed by atoms with van der Waals surface area (Å²) in [6.45, 7) is 9.81. The fourth-order valence-electron chi connectivity index (χ4n) is 3.36. The van der Waals surface area contributed by atoms with Crippen LogP contribution in [0.4, 0.5) is 5.82 Å². The van der Waals surface area contributed by atoms with Crippen molar-refractivity contribution >= 4 is 29.2 Å². The van der Waals surface area contributed by atoms with E-state index < -0.39 is 0 Å². The van der Waals surface area contributed by atoms with Gasteiger partial charge in [-0.05, 0) is 56.3 Å². The SMILES string of the molecule is COc1cccc(C(=O)N(CC(=O)Nc2cc(C(C)(C)C)nn2-c2ccc(Cl)cc2)C(C)C)c1. The number of rotatable bonds is 7.